The minimum Gasteiger partial charge on any atom is -0.506 e. The molecule has 1 saturated heterocycles. The number of nitrogens with zero attached hydrogens (tertiary/aromatic N) is 3. The average molecular weight is 275 g/mol. The van der Waals surface area contributed by atoms with Gasteiger partial charge < -0.3 is 10.2 Å². The van der Waals surface area contributed by atoms with E-state index in [-0.39, 0.29) is 17.8 Å². The molecule has 0 radical (unpaired) electrons. The third-order valence-electron chi connectivity index (χ3n) is 4.03. The maximum Gasteiger partial charge on any atom is 0.141 e. The Kier molecular flexibility index (Phi) is 4.26. The minimum absolute atomic E-state index is 0.139. The fraction of sp³-hybridized carbons (Fsp3) is 0.600. The van der Waals surface area contributed by atoms with Crippen LogP contribution in [-0.4, -0.2) is 33.2 Å². The first-order valence-corrected chi connectivity index (χ1v) is 6.90. The Morgan fingerprint density at radius 3 is 2.95 bits per heavy atom. The van der Waals surface area contributed by atoms with Gasteiger partial charge >= 0.3 is 0 Å². The van der Waals surface area contributed by atoms with Crippen molar-refractivity contribution in [1.82, 2.24) is 9.88 Å². The standard InChI is InChI=1S/C15H21N3O2/c1-11-14(20)13(12(8-19)6-17-11)7-18-5-3-4-15(2,9-16)10-18/h6,19-20H,3-5,7-8,10H2,1-2H3/t15-/m1/s1. The highest BCUT2D eigenvalue weighted by atomic mass is 16.3. The number of aryl methyl sites for hydroxylation is 1. The van der Waals surface area contributed by atoms with E-state index in [1.165, 1.54) is 0 Å². The molecule has 1 aromatic heterocycles. The molecule has 1 aliphatic heterocycles. The summed E-state index contributed by atoms with van der Waals surface area (Å²) >= 11 is 0. The van der Waals surface area contributed by atoms with Crippen molar-refractivity contribution < 1.29 is 10.2 Å². The van der Waals surface area contributed by atoms with Crippen molar-refractivity contribution in [3.05, 3.63) is 23.0 Å². The molecule has 0 amide bonds. The zero-order valence-electron chi connectivity index (χ0n) is 12.1. The number of likely N-dealkylation sites (tertiary alicyclic amines) is 1. The maximum atomic E-state index is 10.2. The molecular weight excluding hydrogens is 254 g/mol. The molecule has 2 heterocycles. The molecule has 1 aliphatic rings. The number of hydrogen-bond acceptors (Lipinski definition) is 5. The van der Waals surface area contributed by atoms with Crippen molar-refractivity contribution in [2.45, 2.75) is 39.8 Å². The van der Waals surface area contributed by atoms with Crippen LogP contribution in [0.1, 0.15) is 36.6 Å². The molecule has 1 aromatic rings. The third kappa shape index (κ3) is 2.92. The Morgan fingerprint density at radius 2 is 2.30 bits per heavy atom. The van der Waals surface area contributed by atoms with Crippen LogP contribution in [0.3, 0.4) is 0 Å². The van der Waals surface area contributed by atoms with Gasteiger partial charge in [-0.15, -0.1) is 0 Å². The summed E-state index contributed by atoms with van der Waals surface area (Å²) in [5, 5.41) is 28.8. The third-order valence-corrected chi connectivity index (χ3v) is 4.03. The van der Waals surface area contributed by atoms with Gasteiger partial charge in [0, 0.05) is 30.4 Å². The predicted molar refractivity (Wildman–Crippen MR) is 74.8 cm³/mol. The van der Waals surface area contributed by atoms with E-state index >= 15 is 0 Å². The van der Waals surface area contributed by atoms with Gasteiger partial charge in [0.2, 0.25) is 0 Å². The van der Waals surface area contributed by atoms with Crippen LogP contribution in [0.25, 0.3) is 0 Å². The quantitative estimate of drug-likeness (QED) is 0.878. The molecule has 0 unspecified atom stereocenters. The summed E-state index contributed by atoms with van der Waals surface area (Å²) in [4.78, 5) is 6.23. The van der Waals surface area contributed by atoms with E-state index in [4.69, 9.17) is 0 Å². The molecule has 1 fully saturated rings. The second kappa shape index (κ2) is 5.78. The molecule has 0 saturated carbocycles. The number of rotatable bonds is 3. The van der Waals surface area contributed by atoms with Gasteiger partial charge in [-0.05, 0) is 33.2 Å². The van der Waals surface area contributed by atoms with Crippen molar-refractivity contribution in [3.8, 4) is 11.8 Å². The number of hydrogen-bond donors (Lipinski definition) is 2. The van der Waals surface area contributed by atoms with Crippen LogP contribution in [0.5, 0.6) is 5.75 Å². The summed E-state index contributed by atoms with van der Waals surface area (Å²) in [5.74, 6) is 0.154. The van der Waals surface area contributed by atoms with Gasteiger partial charge in [-0.25, -0.2) is 0 Å². The first-order chi connectivity index (χ1) is 9.49. The van der Waals surface area contributed by atoms with E-state index in [0.717, 1.165) is 24.9 Å². The Bertz CT molecular complexity index is 539. The summed E-state index contributed by atoms with van der Waals surface area (Å²) in [5.41, 5.74) is 1.62. The number of aromatic hydroxyl groups is 1. The molecule has 0 spiro atoms. The van der Waals surface area contributed by atoms with Gasteiger partial charge in [-0.2, -0.15) is 5.26 Å². The molecule has 0 aliphatic carbocycles. The highest BCUT2D eigenvalue weighted by Gasteiger charge is 2.31. The molecule has 2 N–H and O–H groups in total. The van der Waals surface area contributed by atoms with Crippen LogP contribution in [0, 0.1) is 23.7 Å². The van der Waals surface area contributed by atoms with Gasteiger partial charge in [-0.3, -0.25) is 9.88 Å². The van der Waals surface area contributed by atoms with E-state index in [0.29, 0.717) is 24.3 Å². The molecular formula is C15H21N3O2. The summed E-state index contributed by atoms with van der Waals surface area (Å²) in [6, 6.07) is 2.38. The SMILES string of the molecule is Cc1ncc(CO)c(CN2CCC[C@](C)(C#N)C2)c1O. The zero-order valence-corrected chi connectivity index (χ0v) is 12.1. The molecule has 20 heavy (non-hydrogen) atoms. The summed E-state index contributed by atoms with van der Waals surface area (Å²) in [6.45, 7) is 5.72. The second-order valence-corrected chi connectivity index (χ2v) is 5.84. The predicted octanol–water partition coefficient (Wildman–Crippen LogP) is 1.71. The Labute approximate surface area is 119 Å². The van der Waals surface area contributed by atoms with Gasteiger partial charge in [-0.1, -0.05) is 0 Å². The van der Waals surface area contributed by atoms with Crippen LogP contribution >= 0.6 is 0 Å². The monoisotopic (exact) mass is 275 g/mol. The van der Waals surface area contributed by atoms with Gasteiger partial charge in [0.25, 0.3) is 0 Å². The van der Waals surface area contributed by atoms with E-state index in [2.05, 4.69) is 16.0 Å². The lowest BCUT2D eigenvalue weighted by atomic mass is 9.83. The number of pyridine rings is 1. The van der Waals surface area contributed by atoms with Gasteiger partial charge in [0.1, 0.15) is 5.75 Å². The van der Waals surface area contributed by atoms with Gasteiger partial charge in [0.05, 0.1) is 23.8 Å². The molecule has 5 nitrogen and oxygen atoms in total. The van der Waals surface area contributed by atoms with Crippen LogP contribution in [0.15, 0.2) is 6.20 Å². The molecule has 5 heteroatoms. The van der Waals surface area contributed by atoms with E-state index < -0.39 is 0 Å². The number of aliphatic hydroxyl groups is 1. The molecule has 108 valence electrons. The maximum absolute atomic E-state index is 10.2. The topological polar surface area (TPSA) is 80.4 Å². The van der Waals surface area contributed by atoms with Crippen molar-refractivity contribution in [1.29, 1.82) is 5.26 Å². The van der Waals surface area contributed by atoms with E-state index in [9.17, 15) is 15.5 Å². The molecule has 0 aromatic carbocycles. The minimum atomic E-state index is -0.324. The second-order valence-electron chi connectivity index (χ2n) is 5.84. The van der Waals surface area contributed by atoms with Crippen LogP contribution in [-0.2, 0) is 13.2 Å². The lowest BCUT2D eigenvalue weighted by molar-refractivity contribution is 0.134. The molecule has 1 atom stereocenters. The highest BCUT2D eigenvalue weighted by molar-refractivity contribution is 5.40. The van der Waals surface area contributed by atoms with Gasteiger partial charge in [0.15, 0.2) is 0 Å². The molecule has 0 bridgehead atoms. The number of nitriles is 1. The van der Waals surface area contributed by atoms with Crippen LogP contribution < -0.4 is 0 Å². The number of aromatic nitrogens is 1. The van der Waals surface area contributed by atoms with Crippen LogP contribution in [0.4, 0.5) is 0 Å². The normalized spacial score (nSPS) is 23.5. The van der Waals surface area contributed by atoms with Crippen molar-refractivity contribution in [2.75, 3.05) is 13.1 Å². The highest BCUT2D eigenvalue weighted by Crippen LogP contribution is 2.32. The lowest BCUT2D eigenvalue weighted by Crippen LogP contribution is -2.40. The first-order valence-electron chi connectivity index (χ1n) is 6.90. The average Bonchev–Trinajstić information content (AvgIpc) is 2.44. The zero-order chi connectivity index (χ0) is 14.8. The fourth-order valence-corrected chi connectivity index (χ4v) is 2.79. The van der Waals surface area contributed by atoms with E-state index in [1.54, 1.807) is 13.1 Å². The number of piperidine rings is 1. The summed E-state index contributed by atoms with van der Waals surface area (Å²) in [7, 11) is 0. The number of aliphatic hydroxyl groups excluding tert-OH is 1. The Hall–Kier alpha value is -1.64. The van der Waals surface area contributed by atoms with Crippen molar-refractivity contribution in [2.24, 2.45) is 5.41 Å². The summed E-state index contributed by atoms with van der Waals surface area (Å²) in [6.07, 6.45) is 3.50. The summed E-state index contributed by atoms with van der Waals surface area (Å²) < 4.78 is 0. The first kappa shape index (κ1) is 14.8. The van der Waals surface area contributed by atoms with Crippen LogP contribution in [0.2, 0.25) is 0 Å². The van der Waals surface area contributed by atoms with E-state index in [1.807, 2.05) is 6.92 Å². The largest absolute Gasteiger partial charge is 0.506 e. The lowest BCUT2D eigenvalue weighted by Gasteiger charge is -2.36. The van der Waals surface area contributed by atoms with Crippen molar-refractivity contribution in [3.63, 3.8) is 0 Å². The van der Waals surface area contributed by atoms with Crippen molar-refractivity contribution >= 4 is 0 Å². The molecule has 2 rings (SSSR count). The Morgan fingerprint density at radius 1 is 1.55 bits per heavy atom. The smallest absolute Gasteiger partial charge is 0.141 e. The Balaban J connectivity index is 2.22. The fourth-order valence-electron chi connectivity index (χ4n) is 2.79.